The van der Waals surface area contributed by atoms with Crippen molar-refractivity contribution in [2.45, 2.75) is 0 Å². The van der Waals surface area contributed by atoms with Crippen LogP contribution >= 0.6 is 0 Å². The zero-order valence-electron chi connectivity index (χ0n) is 24.3. The number of aromatic nitrogens is 4. The first kappa shape index (κ1) is 32.2. The molecule has 0 amide bonds. The molecule has 2 aromatic heterocycles. The second kappa shape index (κ2) is 13.3. The maximum atomic E-state index is 9.08. The summed E-state index contributed by atoms with van der Waals surface area (Å²) in [6.45, 7) is 0. The quantitative estimate of drug-likeness (QED) is 0.164. The van der Waals surface area contributed by atoms with Crippen molar-refractivity contribution >= 4 is 42.3 Å². The molecule has 0 aliphatic heterocycles. The number of fused-ring (bicyclic) bond motifs is 2. The second-order valence-corrected chi connectivity index (χ2v) is 12.5. The minimum atomic E-state index is -3.92. The molecule has 0 radical (unpaired) electrons. The van der Waals surface area contributed by atoms with E-state index in [4.69, 9.17) is 36.4 Å². The largest absolute Gasteiger partial charge is 0.748 e. The highest BCUT2D eigenvalue weighted by Crippen LogP contribution is 2.25. The number of nitrogens with zero attached hydrogens (tertiary/aromatic N) is 6. The maximum Gasteiger partial charge on any atom is 0.316 e. The molecule has 0 bridgehead atoms. The number of aryl methyl sites for hydroxylation is 2. The van der Waals surface area contributed by atoms with Gasteiger partial charge in [-0.15, -0.1) is 0 Å². The summed E-state index contributed by atoms with van der Waals surface area (Å²) in [5.41, 5.74) is 6.32. The van der Waals surface area contributed by atoms with Gasteiger partial charge in [0.15, 0.2) is 11.0 Å². The summed E-state index contributed by atoms with van der Waals surface area (Å²) in [5.74, 6) is 1.93. The van der Waals surface area contributed by atoms with E-state index in [1.54, 1.807) is 0 Å². The third-order valence-corrected chi connectivity index (χ3v) is 6.26. The minimum Gasteiger partial charge on any atom is -0.748 e. The molecule has 2 heterocycles. The molecular formula is C30H30N6O6S2. The normalized spacial score (nSPS) is 11.7. The van der Waals surface area contributed by atoms with Crippen LogP contribution in [0.2, 0.25) is 0 Å². The van der Waals surface area contributed by atoms with E-state index in [0.717, 1.165) is 44.8 Å². The first-order chi connectivity index (χ1) is 20.7. The van der Waals surface area contributed by atoms with Crippen LogP contribution in [-0.4, -0.2) is 47.8 Å². The number of benzene rings is 4. The van der Waals surface area contributed by atoms with E-state index in [0.29, 0.717) is 12.5 Å². The number of para-hydroxylation sites is 4. The van der Waals surface area contributed by atoms with Crippen molar-refractivity contribution in [1.29, 1.82) is 0 Å². The SMILES string of the molecule is CS(=O)(=O)[O-].CS(=O)(=O)[O-].C[n+]1c(-c2ccccc2)n(N=Nn2c(-c3ccccc3)[n+](C)c3ccccc32)c2ccccc21. The summed E-state index contributed by atoms with van der Waals surface area (Å²) in [6, 6.07) is 37.1. The van der Waals surface area contributed by atoms with E-state index in [-0.39, 0.29) is 0 Å². The fourth-order valence-corrected chi connectivity index (χ4v) is 4.66. The molecule has 6 rings (SSSR count). The van der Waals surface area contributed by atoms with E-state index in [2.05, 4.69) is 71.8 Å². The van der Waals surface area contributed by atoms with Crippen molar-refractivity contribution in [2.24, 2.45) is 24.5 Å². The summed E-state index contributed by atoms with van der Waals surface area (Å²) >= 11 is 0. The topological polar surface area (TPSA) is 157 Å². The van der Waals surface area contributed by atoms with Crippen LogP contribution in [-0.2, 0) is 34.3 Å². The highest BCUT2D eigenvalue weighted by molar-refractivity contribution is 7.85. The van der Waals surface area contributed by atoms with Gasteiger partial charge in [0.25, 0.3) is 0 Å². The van der Waals surface area contributed by atoms with Crippen molar-refractivity contribution in [3.8, 4) is 22.8 Å². The molecule has 0 saturated carbocycles. The van der Waals surface area contributed by atoms with Gasteiger partial charge in [0.2, 0.25) is 11.0 Å². The van der Waals surface area contributed by atoms with Crippen LogP contribution in [0.3, 0.4) is 0 Å². The molecule has 228 valence electrons. The fourth-order valence-electron chi connectivity index (χ4n) is 4.66. The van der Waals surface area contributed by atoms with Gasteiger partial charge in [-0.2, -0.15) is 0 Å². The third kappa shape index (κ3) is 7.99. The zero-order chi connectivity index (χ0) is 32.1. The standard InChI is InChI=1S/C28H24N6.2CH4O3S/c1-31-23-17-9-11-19-25(23)33(27(31)21-13-5-3-6-14-21)29-30-34-26-20-12-10-18-24(26)32(2)28(34)22-15-7-4-8-16-22;2*1-5(2,3)4/h3-20H,1-2H3;2*1H3,(H,2,3,4)/q+2;;/p-2. The monoisotopic (exact) mass is 634 g/mol. The van der Waals surface area contributed by atoms with Gasteiger partial charge in [0.1, 0.15) is 0 Å². The molecule has 0 aliphatic carbocycles. The van der Waals surface area contributed by atoms with Gasteiger partial charge in [0.05, 0.1) is 55.9 Å². The first-order valence-electron chi connectivity index (χ1n) is 13.1. The van der Waals surface area contributed by atoms with Crippen LogP contribution < -0.4 is 9.13 Å². The predicted octanol–water partition coefficient (Wildman–Crippen LogP) is 3.58. The fraction of sp³-hybridized carbons (Fsp3) is 0.133. The maximum absolute atomic E-state index is 9.08. The van der Waals surface area contributed by atoms with Crippen LogP contribution in [0, 0.1) is 0 Å². The molecule has 6 aromatic rings. The Labute approximate surface area is 255 Å². The lowest BCUT2D eigenvalue weighted by atomic mass is 10.2. The van der Waals surface area contributed by atoms with Crippen LogP contribution in [0.1, 0.15) is 0 Å². The van der Waals surface area contributed by atoms with Gasteiger partial charge in [0, 0.05) is 12.5 Å². The zero-order valence-corrected chi connectivity index (χ0v) is 26.0. The predicted molar refractivity (Wildman–Crippen MR) is 164 cm³/mol. The Bertz CT molecular complexity index is 1990. The van der Waals surface area contributed by atoms with Crippen molar-refractivity contribution in [2.75, 3.05) is 12.5 Å². The van der Waals surface area contributed by atoms with Crippen molar-refractivity contribution in [1.82, 2.24) is 9.35 Å². The van der Waals surface area contributed by atoms with E-state index in [1.165, 1.54) is 0 Å². The Balaban J connectivity index is 0.000000386. The highest BCUT2D eigenvalue weighted by Gasteiger charge is 2.28. The molecule has 0 fully saturated rings. The number of rotatable bonds is 4. The van der Waals surface area contributed by atoms with Gasteiger partial charge in [-0.05, 0) is 48.5 Å². The van der Waals surface area contributed by atoms with Crippen LogP contribution in [0.5, 0.6) is 0 Å². The molecule has 0 unspecified atom stereocenters. The molecule has 4 aromatic carbocycles. The highest BCUT2D eigenvalue weighted by atomic mass is 32.2. The summed E-state index contributed by atoms with van der Waals surface area (Å²) in [6.07, 6.45) is 1.21. The molecule has 0 aliphatic rings. The average molecular weight is 635 g/mol. The summed E-state index contributed by atoms with van der Waals surface area (Å²) in [4.78, 5) is 0. The Morgan fingerprint density at radius 3 is 1.11 bits per heavy atom. The van der Waals surface area contributed by atoms with Crippen LogP contribution in [0.15, 0.2) is 120 Å². The molecule has 0 spiro atoms. The summed E-state index contributed by atoms with van der Waals surface area (Å²) < 4.78 is 62.6. The van der Waals surface area contributed by atoms with E-state index < -0.39 is 20.2 Å². The molecule has 0 saturated heterocycles. The lowest BCUT2D eigenvalue weighted by Gasteiger charge is -1.98. The Hall–Kier alpha value is -4.76. The van der Waals surface area contributed by atoms with Gasteiger partial charge >= 0.3 is 11.6 Å². The first-order valence-corrected chi connectivity index (χ1v) is 16.7. The van der Waals surface area contributed by atoms with Gasteiger partial charge in [-0.25, -0.2) is 26.0 Å². The molecule has 12 nitrogen and oxygen atoms in total. The lowest BCUT2D eigenvalue weighted by molar-refractivity contribution is -0.634. The number of hydrogen-bond donors (Lipinski definition) is 0. The van der Waals surface area contributed by atoms with E-state index in [1.807, 2.05) is 70.0 Å². The number of imidazole rings is 2. The lowest BCUT2D eigenvalue weighted by Crippen LogP contribution is -2.30. The third-order valence-electron chi connectivity index (χ3n) is 6.26. The number of hydrogen-bond acceptors (Lipinski definition) is 8. The van der Waals surface area contributed by atoms with Crippen molar-refractivity contribution < 1.29 is 35.1 Å². The van der Waals surface area contributed by atoms with E-state index in [9.17, 15) is 0 Å². The Morgan fingerprint density at radius 2 is 0.795 bits per heavy atom. The van der Waals surface area contributed by atoms with Crippen molar-refractivity contribution in [3.63, 3.8) is 0 Å². The van der Waals surface area contributed by atoms with Crippen LogP contribution in [0.4, 0.5) is 0 Å². The van der Waals surface area contributed by atoms with Crippen molar-refractivity contribution in [3.05, 3.63) is 109 Å². The van der Waals surface area contributed by atoms with Gasteiger partial charge in [-0.3, -0.25) is 0 Å². The second-order valence-electron chi connectivity index (χ2n) is 9.69. The van der Waals surface area contributed by atoms with Crippen LogP contribution in [0.25, 0.3) is 44.8 Å². The van der Waals surface area contributed by atoms with Gasteiger partial charge in [-0.1, -0.05) is 70.0 Å². The van der Waals surface area contributed by atoms with Gasteiger partial charge < -0.3 is 9.11 Å². The minimum absolute atomic E-state index is 0.604. The molecule has 14 heteroatoms. The average Bonchev–Trinajstić information content (AvgIpc) is 3.41. The Morgan fingerprint density at radius 1 is 0.523 bits per heavy atom. The molecule has 44 heavy (non-hydrogen) atoms. The molecular weight excluding hydrogens is 605 g/mol. The summed E-state index contributed by atoms with van der Waals surface area (Å²) in [7, 11) is -3.70. The Kier molecular flexibility index (Phi) is 9.69. The smallest absolute Gasteiger partial charge is 0.316 e. The summed E-state index contributed by atoms with van der Waals surface area (Å²) in [5, 5.41) is 9.64. The molecule has 0 N–H and O–H groups in total. The molecule has 0 atom stereocenters. The van der Waals surface area contributed by atoms with E-state index >= 15 is 0 Å².